The number of nitrogens with two attached hydrogens (primary N) is 1. The number of hydrogen-bond donors (Lipinski definition) is 1. The zero-order valence-corrected chi connectivity index (χ0v) is 8.85. The highest BCUT2D eigenvalue weighted by atomic mass is 16.5. The Morgan fingerprint density at radius 2 is 2.13 bits per heavy atom. The maximum absolute atomic E-state index is 5.49. The van der Waals surface area contributed by atoms with Crippen molar-refractivity contribution in [2.45, 2.75) is 13.1 Å². The molecular formula is C11H17N3O. The van der Waals surface area contributed by atoms with Crippen LogP contribution >= 0.6 is 0 Å². The lowest BCUT2D eigenvalue weighted by atomic mass is 10.2. The predicted octanol–water partition coefficient (Wildman–Crippen LogP) is 0.372. The SMILES string of the molecule is NCc1ccc(CN2CCOCC2)cn1. The zero-order chi connectivity index (χ0) is 10.5. The topological polar surface area (TPSA) is 51.4 Å². The average molecular weight is 207 g/mol. The van der Waals surface area contributed by atoms with Crippen LogP contribution in [0.1, 0.15) is 11.3 Å². The average Bonchev–Trinajstić information content (AvgIpc) is 2.31. The molecule has 1 aliphatic rings. The summed E-state index contributed by atoms with van der Waals surface area (Å²) in [4.78, 5) is 6.66. The standard InChI is InChI=1S/C11H17N3O/c12-7-11-2-1-10(8-13-11)9-14-3-5-15-6-4-14/h1-2,8H,3-7,9,12H2. The Morgan fingerprint density at radius 3 is 2.73 bits per heavy atom. The third-order valence-corrected chi connectivity index (χ3v) is 2.61. The Labute approximate surface area is 90.0 Å². The van der Waals surface area contributed by atoms with Gasteiger partial charge in [-0.1, -0.05) is 6.07 Å². The molecule has 2 rings (SSSR count). The Balaban J connectivity index is 1.91. The van der Waals surface area contributed by atoms with Gasteiger partial charge in [0.25, 0.3) is 0 Å². The van der Waals surface area contributed by atoms with Crippen LogP contribution in [0.3, 0.4) is 0 Å². The second-order valence-corrected chi connectivity index (χ2v) is 3.75. The van der Waals surface area contributed by atoms with E-state index in [9.17, 15) is 0 Å². The summed E-state index contributed by atoms with van der Waals surface area (Å²) in [6.07, 6.45) is 1.91. The minimum atomic E-state index is 0.512. The molecule has 2 heterocycles. The van der Waals surface area contributed by atoms with Crippen LogP contribution in [-0.2, 0) is 17.8 Å². The first-order valence-electron chi connectivity index (χ1n) is 5.32. The summed E-state index contributed by atoms with van der Waals surface area (Å²) >= 11 is 0. The molecule has 0 amide bonds. The van der Waals surface area contributed by atoms with Gasteiger partial charge in [0.15, 0.2) is 0 Å². The summed E-state index contributed by atoms with van der Waals surface area (Å²) in [5.74, 6) is 0. The van der Waals surface area contributed by atoms with Crippen molar-refractivity contribution in [3.8, 4) is 0 Å². The quantitative estimate of drug-likeness (QED) is 0.778. The molecule has 1 aromatic heterocycles. The van der Waals surface area contributed by atoms with Crippen molar-refractivity contribution in [3.63, 3.8) is 0 Å². The van der Waals surface area contributed by atoms with Crippen LogP contribution in [0.4, 0.5) is 0 Å². The fraction of sp³-hybridized carbons (Fsp3) is 0.545. The van der Waals surface area contributed by atoms with E-state index in [2.05, 4.69) is 16.0 Å². The largest absolute Gasteiger partial charge is 0.379 e. The number of ether oxygens (including phenoxy) is 1. The molecule has 1 saturated heterocycles. The molecule has 4 nitrogen and oxygen atoms in total. The van der Waals surface area contributed by atoms with Gasteiger partial charge >= 0.3 is 0 Å². The van der Waals surface area contributed by atoms with E-state index in [1.807, 2.05) is 12.3 Å². The van der Waals surface area contributed by atoms with Crippen LogP contribution < -0.4 is 5.73 Å². The number of aromatic nitrogens is 1. The second-order valence-electron chi connectivity index (χ2n) is 3.75. The van der Waals surface area contributed by atoms with Gasteiger partial charge < -0.3 is 10.5 Å². The molecule has 0 spiro atoms. The van der Waals surface area contributed by atoms with Gasteiger partial charge in [-0.05, 0) is 11.6 Å². The summed E-state index contributed by atoms with van der Waals surface area (Å²) in [6.45, 7) is 5.18. The third kappa shape index (κ3) is 2.99. The summed E-state index contributed by atoms with van der Waals surface area (Å²) in [5.41, 5.74) is 7.68. The van der Waals surface area contributed by atoms with E-state index in [0.717, 1.165) is 38.5 Å². The predicted molar refractivity (Wildman–Crippen MR) is 58.2 cm³/mol. The highest BCUT2D eigenvalue weighted by molar-refractivity contribution is 5.13. The second kappa shape index (κ2) is 5.21. The first kappa shape index (κ1) is 10.5. The molecule has 0 saturated carbocycles. The fourth-order valence-corrected chi connectivity index (χ4v) is 1.69. The molecule has 0 bridgehead atoms. The molecule has 4 heteroatoms. The van der Waals surface area contributed by atoms with Gasteiger partial charge in [0.05, 0.1) is 18.9 Å². The number of pyridine rings is 1. The molecular weight excluding hydrogens is 190 g/mol. The minimum Gasteiger partial charge on any atom is -0.379 e. The maximum atomic E-state index is 5.49. The summed E-state index contributed by atoms with van der Waals surface area (Å²) in [6, 6.07) is 4.10. The van der Waals surface area contributed by atoms with E-state index < -0.39 is 0 Å². The van der Waals surface area contributed by atoms with Gasteiger partial charge in [-0.15, -0.1) is 0 Å². The van der Waals surface area contributed by atoms with Crippen molar-refractivity contribution in [2.75, 3.05) is 26.3 Å². The van der Waals surface area contributed by atoms with Gasteiger partial charge in [0, 0.05) is 32.4 Å². The highest BCUT2D eigenvalue weighted by Crippen LogP contribution is 2.06. The van der Waals surface area contributed by atoms with Gasteiger partial charge in [-0.2, -0.15) is 0 Å². The van der Waals surface area contributed by atoms with Gasteiger partial charge in [-0.3, -0.25) is 9.88 Å². The molecule has 2 N–H and O–H groups in total. The molecule has 0 radical (unpaired) electrons. The normalized spacial score (nSPS) is 17.9. The molecule has 0 unspecified atom stereocenters. The third-order valence-electron chi connectivity index (χ3n) is 2.61. The molecule has 0 aliphatic carbocycles. The molecule has 1 aromatic rings. The first-order valence-corrected chi connectivity index (χ1v) is 5.32. The lowest BCUT2D eigenvalue weighted by Crippen LogP contribution is -2.35. The van der Waals surface area contributed by atoms with Crippen LogP contribution in [0.2, 0.25) is 0 Å². The summed E-state index contributed by atoms with van der Waals surface area (Å²) < 4.78 is 5.30. The Hall–Kier alpha value is -0.970. The molecule has 1 fully saturated rings. The molecule has 82 valence electrons. The van der Waals surface area contributed by atoms with Gasteiger partial charge in [-0.25, -0.2) is 0 Å². The van der Waals surface area contributed by atoms with Crippen LogP contribution in [0.25, 0.3) is 0 Å². The van der Waals surface area contributed by atoms with Crippen LogP contribution in [0.15, 0.2) is 18.3 Å². The van der Waals surface area contributed by atoms with E-state index >= 15 is 0 Å². The van der Waals surface area contributed by atoms with E-state index in [1.165, 1.54) is 5.56 Å². The molecule has 1 aliphatic heterocycles. The van der Waals surface area contributed by atoms with E-state index in [1.54, 1.807) is 0 Å². The smallest absolute Gasteiger partial charge is 0.0594 e. The molecule has 0 aromatic carbocycles. The minimum absolute atomic E-state index is 0.512. The highest BCUT2D eigenvalue weighted by Gasteiger charge is 2.10. The number of morpholine rings is 1. The molecule has 0 atom stereocenters. The Morgan fingerprint density at radius 1 is 1.33 bits per heavy atom. The van der Waals surface area contributed by atoms with E-state index in [4.69, 9.17) is 10.5 Å². The van der Waals surface area contributed by atoms with E-state index in [0.29, 0.717) is 6.54 Å². The van der Waals surface area contributed by atoms with Gasteiger partial charge in [0.1, 0.15) is 0 Å². The zero-order valence-electron chi connectivity index (χ0n) is 8.85. The van der Waals surface area contributed by atoms with Gasteiger partial charge in [0.2, 0.25) is 0 Å². The van der Waals surface area contributed by atoms with Crippen LogP contribution in [0.5, 0.6) is 0 Å². The van der Waals surface area contributed by atoms with Crippen molar-refractivity contribution in [1.82, 2.24) is 9.88 Å². The van der Waals surface area contributed by atoms with Crippen LogP contribution in [0, 0.1) is 0 Å². The van der Waals surface area contributed by atoms with Crippen LogP contribution in [-0.4, -0.2) is 36.2 Å². The number of hydrogen-bond acceptors (Lipinski definition) is 4. The number of nitrogens with zero attached hydrogens (tertiary/aromatic N) is 2. The van der Waals surface area contributed by atoms with Crippen molar-refractivity contribution >= 4 is 0 Å². The van der Waals surface area contributed by atoms with Crippen molar-refractivity contribution < 1.29 is 4.74 Å². The molecule has 15 heavy (non-hydrogen) atoms. The van der Waals surface area contributed by atoms with Crippen molar-refractivity contribution in [2.24, 2.45) is 5.73 Å². The number of rotatable bonds is 3. The maximum Gasteiger partial charge on any atom is 0.0594 e. The lowest BCUT2D eigenvalue weighted by molar-refractivity contribution is 0.0341. The Bertz CT molecular complexity index is 293. The first-order chi connectivity index (χ1) is 7.38. The van der Waals surface area contributed by atoms with Crippen molar-refractivity contribution in [1.29, 1.82) is 0 Å². The monoisotopic (exact) mass is 207 g/mol. The Kier molecular flexibility index (Phi) is 3.66. The fourth-order valence-electron chi connectivity index (χ4n) is 1.69. The summed E-state index contributed by atoms with van der Waals surface area (Å²) in [5, 5.41) is 0. The summed E-state index contributed by atoms with van der Waals surface area (Å²) in [7, 11) is 0. The lowest BCUT2D eigenvalue weighted by Gasteiger charge is -2.26. The van der Waals surface area contributed by atoms with E-state index in [-0.39, 0.29) is 0 Å². The van der Waals surface area contributed by atoms with Crippen molar-refractivity contribution in [3.05, 3.63) is 29.6 Å².